The standard InChI is InChI=1S/C19H21NO2S/c21-19(22)18-7-3-2-6-15(18)14-23-17-10-8-16(9-11-17)20-12-4-1-5-13-20/h2-3,6-11H,1,4-5,12-14H2,(H,21,22)/p-1. The number of thioether (sulfide) groups is 1. The van der Waals surface area contributed by atoms with Crippen molar-refractivity contribution >= 4 is 23.4 Å². The average molecular weight is 326 g/mol. The van der Waals surface area contributed by atoms with Crippen LogP contribution < -0.4 is 10.0 Å². The molecule has 0 saturated carbocycles. The number of rotatable bonds is 5. The predicted molar refractivity (Wildman–Crippen MR) is 92.8 cm³/mol. The van der Waals surface area contributed by atoms with Gasteiger partial charge in [-0.15, -0.1) is 11.8 Å². The van der Waals surface area contributed by atoms with Gasteiger partial charge >= 0.3 is 0 Å². The van der Waals surface area contributed by atoms with Gasteiger partial charge in [-0.2, -0.15) is 0 Å². The number of carboxylic acid groups (broad SMARTS) is 1. The van der Waals surface area contributed by atoms with Crippen LogP contribution in [-0.4, -0.2) is 19.1 Å². The zero-order valence-corrected chi connectivity index (χ0v) is 13.8. The number of hydrogen-bond donors (Lipinski definition) is 0. The van der Waals surface area contributed by atoms with Crippen molar-refractivity contribution in [3.8, 4) is 0 Å². The van der Waals surface area contributed by atoms with Gasteiger partial charge < -0.3 is 14.8 Å². The van der Waals surface area contributed by atoms with Crippen LogP contribution in [0, 0.1) is 0 Å². The summed E-state index contributed by atoms with van der Waals surface area (Å²) in [6, 6.07) is 15.6. The maximum absolute atomic E-state index is 11.1. The van der Waals surface area contributed by atoms with Crippen molar-refractivity contribution in [3.63, 3.8) is 0 Å². The predicted octanol–water partition coefficient (Wildman–Crippen LogP) is 3.33. The van der Waals surface area contributed by atoms with E-state index in [1.807, 2.05) is 12.1 Å². The van der Waals surface area contributed by atoms with Crippen molar-refractivity contribution in [3.05, 3.63) is 59.7 Å². The monoisotopic (exact) mass is 326 g/mol. The van der Waals surface area contributed by atoms with E-state index in [-0.39, 0.29) is 5.56 Å². The molecule has 1 heterocycles. The molecule has 0 spiro atoms. The summed E-state index contributed by atoms with van der Waals surface area (Å²) in [4.78, 5) is 14.7. The van der Waals surface area contributed by atoms with E-state index in [0.717, 1.165) is 23.5 Å². The average Bonchev–Trinajstić information content (AvgIpc) is 2.61. The normalized spacial score (nSPS) is 14.7. The summed E-state index contributed by atoms with van der Waals surface area (Å²) in [5.74, 6) is -0.477. The molecular weight excluding hydrogens is 306 g/mol. The van der Waals surface area contributed by atoms with Crippen molar-refractivity contribution in [1.82, 2.24) is 0 Å². The zero-order chi connectivity index (χ0) is 16.1. The number of anilines is 1. The summed E-state index contributed by atoms with van der Waals surface area (Å²) in [7, 11) is 0. The zero-order valence-electron chi connectivity index (χ0n) is 13.0. The highest BCUT2D eigenvalue weighted by atomic mass is 32.2. The first kappa shape index (κ1) is 15.9. The van der Waals surface area contributed by atoms with Gasteiger partial charge in [0.15, 0.2) is 0 Å². The van der Waals surface area contributed by atoms with Gasteiger partial charge in [-0.25, -0.2) is 0 Å². The molecule has 0 N–H and O–H groups in total. The Hall–Kier alpha value is -1.94. The Morgan fingerprint density at radius 2 is 1.70 bits per heavy atom. The molecule has 1 fully saturated rings. The third-order valence-corrected chi connectivity index (χ3v) is 5.25. The number of benzene rings is 2. The fourth-order valence-corrected chi connectivity index (χ4v) is 3.81. The Morgan fingerprint density at radius 1 is 1.00 bits per heavy atom. The molecule has 3 rings (SSSR count). The minimum atomic E-state index is -1.11. The molecule has 0 bridgehead atoms. The Kier molecular flexibility index (Phi) is 5.23. The molecule has 1 saturated heterocycles. The molecule has 0 unspecified atom stereocenters. The maximum atomic E-state index is 11.1. The quantitative estimate of drug-likeness (QED) is 0.791. The summed E-state index contributed by atoms with van der Waals surface area (Å²) in [6.07, 6.45) is 3.88. The number of carbonyl (C=O) groups excluding carboxylic acids is 1. The topological polar surface area (TPSA) is 43.4 Å². The molecule has 0 aliphatic carbocycles. The van der Waals surface area contributed by atoms with Crippen molar-refractivity contribution in [1.29, 1.82) is 0 Å². The van der Waals surface area contributed by atoms with Crippen molar-refractivity contribution < 1.29 is 9.90 Å². The van der Waals surface area contributed by atoms with Gasteiger partial charge in [0.2, 0.25) is 0 Å². The highest BCUT2D eigenvalue weighted by Crippen LogP contribution is 2.27. The molecule has 0 amide bonds. The van der Waals surface area contributed by atoms with Gasteiger partial charge in [0.25, 0.3) is 0 Å². The molecule has 2 aromatic rings. The number of nitrogens with zero attached hydrogens (tertiary/aromatic N) is 1. The second kappa shape index (κ2) is 7.55. The molecule has 0 aromatic heterocycles. The van der Waals surface area contributed by atoms with E-state index in [1.165, 1.54) is 24.9 Å². The molecule has 3 nitrogen and oxygen atoms in total. The van der Waals surface area contributed by atoms with Crippen LogP contribution >= 0.6 is 11.8 Å². The minimum absolute atomic E-state index is 0.282. The van der Waals surface area contributed by atoms with Crippen LogP contribution in [0.2, 0.25) is 0 Å². The fraction of sp³-hybridized carbons (Fsp3) is 0.316. The van der Waals surface area contributed by atoms with Gasteiger partial charge in [0.1, 0.15) is 0 Å². The summed E-state index contributed by atoms with van der Waals surface area (Å²) in [5, 5.41) is 11.1. The van der Waals surface area contributed by atoms with Crippen LogP contribution in [0.4, 0.5) is 5.69 Å². The van der Waals surface area contributed by atoms with E-state index in [1.54, 1.807) is 23.9 Å². The molecule has 2 aromatic carbocycles. The molecule has 1 aliphatic heterocycles. The van der Waals surface area contributed by atoms with Gasteiger partial charge in [0, 0.05) is 35.0 Å². The lowest BCUT2D eigenvalue weighted by Crippen LogP contribution is -2.29. The fourth-order valence-electron chi connectivity index (χ4n) is 2.91. The van der Waals surface area contributed by atoms with Gasteiger partial charge in [-0.3, -0.25) is 0 Å². The van der Waals surface area contributed by atoms with E-state index in [4.69, 9.17) is 0 Å². The maximum Gasteiger partial charge on any atom is 0.0718 e. The van der Waals surface area contributed by atoms with Gasteiger partial charge in [0.05, 0.1) is 5.97 Å². The third-order valence-electron chi connectivity index (χ3n) is 4.19. The van der Waals surface area contributed by atoms with Crippen LogP contribution in [0.3, 0.4) is 0 Å². The summed E-state index contributed by atoms with van der Waals surface area (Å²) >= 11 is 1.65. The van der Waals surface area contributed by atoms with E-state index < -0.39 is 5.97 Å². The van der Waals surface area contributed by atoms with E-state index in [2.05, 4.69) is 29.2 Å². The SMILES string of the molecule is O=C([O-])c1ccccc1CSc1ccc(N2CCCCC2)cc1. The van der Waals surface area contributed by atoms with E-state index in [0.29, 0.717) is 5.75 Å². The lowest BCUT2D eigenvalue weighted by Gasteiger charge is -2.28. The molecule has 0 atom stereocenters. The van der Waals surface area contributed by atoms with Crippen LogP contribution in [0.5, 0.6) is 0 Å². The van der Waals surface area contributed by atoms with Crippen molar-refractivity contribution in [2.45, 2.75) is 29.9 Å². The Morgan fingerprint density at radius 3 is 2.39 bits per heavy atom. The van der Waals surface area contributed by atoms with Crippen molar-refractivity contribution in [2.75, 3.05) is 18.0 Å². The minimum Gasteiger partial charge on any atom is -0.545 e. The Labute approximate surface area is 141 Å². The lowest BCUT2D eigenvalue weighted by atomic mass is 10.1. The smallest absolute Gasteiger partial charge is 0.0718 e. The van der Waals surface area contributed by atoms with Crippen molar-refractivity contribution in [2.24, 2.45) is 0 Å². The summed E-state index contributed by atoms with van der Waals surface area (Å²) in [6.45, 7) is 2.29. The first-order valence-corrected chi connectivity index (χ1v) is 8.99. The highest BCUT2D eigenvalue weighted by Gasteiger charge is 2.10. The summed E-state index contributed by atoms with van der Waals surface area (Å²) in [5.41, 5.74) is 2.37. The second-order valence-corrected chi connectivity index (χ2v) is 6.82. The molecule has 120 valence electrons. The molecule has 1 aliphatic rings. The third kappa shape index (κ3) is 4.08. The molecular formula is C19H20NO2S-. The Bertz CT molecular complexity index is 663. The number of piperidine rings is 1. The number of hydrogen-bond acceptors (Lipinski definition) is 4. The molecule has 4 heteroatoms. The second-order valence-electron chi connectivity index (χ2n) is 5.77. The largest absolute Gasteiger partial charge is 0.545 e. The molecule has 0 radical (unpaired) electrons. The lowest BCUT2D eigenvalue weighted by molar-refractivity contribution is -0.255. The van der Waals surface area contributed by atoms with Crippen LogP contribution in [-0.2, 0) is 5.75 Å². The number of carboxylic acids is 1. The Balaban J connectivity index is 1.64. The molecule has 23 heavy (non-hydrogen) atoms. The summed E-state index contributed by atoms with van der Waals surface area (Å²) < 4.78 is 0. The van der Waals surface area contributed by atoms with Crippen LogP contribution in [0.15, 0.2) is 53.4 Å². The van der Waals surface area contributed by atoms with Gasteiger partial charge in [-0.1, -0.05) is 24.3 Å². The number of carbonyl (C=O) groups is 1. The first-order chi connectivity index (χ1) is 11.2. The van der Waals surface area contributed by atoms with Crippen LogP contribution in [0.25, 0.3) is 0 Å². The van der Waals surface area contributed by atoms with E-state index in [9.17, 15) is 9.90 Å². The van der Waals surface area contributed by atoms with E-state index >= 15 is 0 Å². The van der Waals surface area contributed by atoms with Crippen LogP contribution in [0.1, 0.15) is 35.2 Å². The number of aromatic carboxylic acids is 1. The first-order valence-electron chi connectivity index (χ1n) is 8.01. The van der Waals surface area contributed by atoms with Gasteiger partial charge in [-0.05, 0) is 49.1 Å². The highest BCUT2D eigenvalue weighted by molar-refractivity contribution is 7.98.